The maximum atomic E-state index is 12.6. The molecule has 3 rings (SSSR count). The Kier molecular flexibility index (Phi) is 9.61. The smallest absolute Gasteiger partial charge is 0.239 e. The van der Waals surface area contributed by atoms with E-state index in [4.69, 9.17) is 0 Å². The number of guanidine groups is 1. The molecule has 2 aliphatic rings. The minimum absolute atomic E-state index is 0. The van der Waals surface area contributed by atoms with Gasteiger partial charge in [0.15, 0.2) is 5.96 Å². The lowest BCUT2D eigenvalue weighted by molar-refractivity contribution is -0.135. The number of aryl methyl sites for hydroxylation is 1. The Morgan fingerprint density at radius 3 is 2.41 bits per heavy atom. The molecular formula is C21H35IN6O. The van der Waals surface area contributed by atoms with E-state index in [1.165, 1.54) is 5.56 Å². The lowest BCUT2D eigenvalue weighted by Crippen LogP contribution is -2.57. The van der Waals surface area contributed by atoms with Crippen LogP contribution < -0.4 is 5.32 Å². The van der Waals surface area contributed by atoms with Gasteiger partial charge in [-0.15, -0.1) is 24.0 Å². The third-order valence-electron chi connectivity index (χ3n) is 5.82. The number of nitrogens with one attached hydrogen (secondary N) is 1. The second-order valence-electron chi connectivity index (χ2n) is 7.76. The number of aromatic nitrogens is 1. The molecule has 0 bridgehead atoms. The van der Waals surface area contributed by atoms with Gasteiger partial charge >= 0.3 is 0 Å². The van der Waals surface area contributed by atoms with Crippen LogP contribution in [0.1, 0.15) is 31.0 Å². The number of carbonyl (C=O) groups excluding carboxylic acids is 1. The predicted octanol–water partition coefficient (Wildman–Crippen LogP) is 1.75. The predicted molar refractivity (Wildman–Crippen MR) is 128 cm³/mol. The molecule has 7 nitrogen and oxygen atoms in total. The highest BCUT2D eigenvalue weighted by Crippen LogP contribution is 2.14. The van der Waals surface area contributed by atoms with E-state index in [2.05, 4.69) is 38.1 Å². The molecule has 8 heteroatoms. The Hall–Kier alpha value is -1.42. The van der Waals surface area contributed by atoms with Gasteiger partial charge in [0.05, 0.1) is 6.04 Å². The number of likely N-dealkylation sites (tertiary alicyclic amines) is 1. The van der Waals surface area contributed by atoms with Crippen molar-refractivity contribution >= 4 is 35.8 Å². The average Bonchev–Trinajstić information content (AvgIpc) is 3.26. The van der Waals surface area contributed by atoms with Gasteiger partial charge in [-0.25, -0.2) is 0 Å². The summed E-state index contributed by atoms with van der Waals surface area (Å²) in [7, 11) is 1.83. The van der Waals surface area contributed by atoms with Gasteiger partial charge in [0.25, 0.3) is 0 Å². The number of hydrogen-bond donors (Lipinski definition) is 1. The highest BCUT2D eigenvalue weighted by atomic mass is 127. The van der Waals surface area contributed by atoms with Gasteiger partial charge in [-0.2, -0.15) is 0 Å². The SMILES string of the molecule is CN=C(NCCc1ccc(C)nc1)N1CCN(C(C)C(=O)N2CCCC2)CC1.I. The molecule has 1 aromatic rings. The van der Waals surface area contributed by atoms with Crippen molar-refractivity contribution in [3.63, 3.8) is 0 Å². The van der Waals surface area contributed by atoms with Crippen LogP contribution in [0.15, 0.2) is 23.3 Å². The molecule has 1 atom stereocenters. The first-order valence-corrected chi connectivity index (χ1v) is 10.5. The molecule has 0 spiro atoms. The van der Waals surface area contributed by atoms with Gasteiger partial charge in [0.2, 0.25) is 5.91 Å². The Balaban J connectivity index is 0.00000300. The number of amides is 1. The molecule has 29 heavy (non-hydrogen) atoms. The summed E-state index contributed by atoms with van der Waals surface area (Å²) in [6, 6.07) is 4.16. The number of nitrogens with zero attached hydrogens (tertiary/aromatic N) is 5. The molecule has 2 fully saturated rings. The zero-order valence-electron chi connectivity index (χ0n) is 17.9. The maximum Gasteiger partial charge on any atom is 0.239 e. The van der Waals surface area contributed by atoms with Crippen LogP contribution in [0.25, 0.3) is 0 Å². The first-order chi connectivity index (χ1) is 13.6. The Labute approximate surface area is 192 Å². The van der Waals surface area contributed by atoms with E-state index < -0.39 is 0 Å². The summed E-state index contributed by atoms with van der Waals surface area (Å²) in [6.45, 7) is 10.3. The number of rotatable bonds is 5. The average molecular weight is 514 g/mol. The maximum absolute atomic E-state index is 12.6. The highest BCUT2D eigenvalue weighted by molar-refractivity contribution is 14.0. The highest BCUT2D eigenvalue weighted by Gasteiger charge is 2.30. The van der Waals surface area contributed by atoms with Gasteiger partial charge in [0, 0.05) is 64.8 Å². The summed E-state index contributed by atoms with van der Waals surface area (Å²) in [5.74, 6) is 1.23. The topological polar surface area (TPSA) is 64.1 Å². The number of piperazine rings is 1. The molecule has 0 radical (unpaired) electrons. The van der Waals surface area contributed by atoms with E-state index in [0.29, 0.717) is 5.91 Å². The van der Waals surface area contributed by atoms with Gasteiger partial charge in [0.1, 0.15) is 0 Å². The molecular weight excluding hydrogens is 479 g/mol. The summed E-state index contributed by atoms with van der Waals surface area (Å²) in [6.07, 6.45) is 5.16. The molecule has 1 N–H and O–H groups in total. The molecule has 1 amide bonds. The van der Waals surface area contributed by atoms with E-state index in [-0.39, 0.29) is 30.0 Å². The molecule has 162 valence electrons. The molecule has 0 aromatic carbocycles. The molecule has 0 saturated carbocycles. The van der Waals surface area contributed by atoms with Crippen molar-refractivity contribution < 1.29 is 4.79 Å². The van der Waals surface area contributed by atoms with E-state index in [9.17, 15) is 4.79 Å². The summed E-state index contributed by atoms with van der Waals surface area (Å²) in [4.78, 5) is 28.1. The summed E-state index contributed by atoms with van der Waals surface area (Å²) < 4.78 is 0. The Bertz CT molecular complexity index is 666. The van der Waals surface area contributed by atoms with Crippen molar-refractivity contribution in [3.05, 3.63) is 29.6 Å². The molecule has 1 aromatic heterocycles. The third-order valence-corrected chi connectivity index (χ3v) is 5.82. The number of pyridine rings is 1. The largest absolute Gasteiger partial charge is 0.356 e. The number of hydrogen-bond acceptors (Lipinski definition) is 4. The first-order valence-electron chi connectivity index (χ1n) is 10.5. The fraction of sp³-hybridized carbons (Fsp3) is 0.667. The molecule has 1 unspecified atom stereocenters. The molecule has 2 aliphatic heterocycles. The van der Waals surface area contributed by atoms with Crippen LogP contribution >= 0.6 is 24.0 Å². The lowest BCUT2D eigenvalue weighted by Gasteiger charge is -2.39. The minimum Gasteiger partial charge on any atom is -0.356 e. The normalized spacial score (nSPS) is 19.1. The van der Waals surface area contributed by atoms with Crippen molar-refractivity contribution in [1.29, 1.82) is 0 Å². The van der Waals surface area contributed by atoms with Crippen molar-refractivity contribution in [3.8, 4) is 0 Å². The standard InChI is InChI=1S/C21H34N6O.HI/c1-17-6-7-19(16-24-17)8-9-23-21(22-3)27-14-12-25(13-15-27)18(2)20(28)26-10-4-5-11-26;/h6-7,16,18H,4-5,8-15H2,1-3H3,(H,22,23);1H. The minimum atomic E-state index is -0.0238. The molecule has 3 heterocycles. The van der Waals surface area contributed by atoms with Crippen LogP contribution in [-0.4, -0.2) is 90.5 Å². The summed E-state index contributed by atoms with van der Waals surface area (Å²) >= 11 is 0. The first kappa shape index (κ1) is 23.9. The van der Waals surface area contributed by atoms with Crippen LogP contribution in [0.4, 0.5) is 0 Å². The zero-order chi connectivity index (χ0) is 19.9. The fourth-order valence-corrected chi connectivity index (χ4v) is 3.98. The summed E-state index contributed by atoms with van der Waals surface area (Å²) in [5.41, 5.74) is 2.27. The van der Waals surface area contributed by atoms with Gasteiger partial charge in [-0.05, 0) is 44.7 Å². The second kappa shape index (κ2) is 11.7. The van der Waals surface area contributed by atoms with Gasteiger partial charge in [-0.3, -0.25) is 19.7 Å². The van der Waals surface area contributed by atoms with E-state index in [1.807, 2.05) is 31.1 Å². The van der Waals surface area contributed by atoms with E-state index >= 15 is 0 Å². The van der Waals surface area contributed by atoms with Crippen molar-refractivity contribution in [2.45, 2.75) is 39.2 Å². The third kappa shape index (κ3) is 6.53. The van der Waals surface area contributed by atoms with Crippen molar-refractivity contribution in [2.75, 3.05) is 52.9 Å². The lowest BCUT2D eigenvalue weighted by atomic mass is 10.2. The number of halogens is 1. The van der Waals surface area contributed by atoms with Crippen LogP contribution in [0, 0.1) is 6.92 Å². The quantitative estimate of drug-likeness (QED) is 0.369. The van der Waals surface area contributed by atoms with Crippen LogP contribution in [0.3, 0.4) is 0 Å². The van der Waals surface area contributed by atoms with Crippen molar-refractivity contribution in [1.82, 2.24) is 25.0 Å². The van der Waals surface area contributed by atoms with Crippen LogP contribution in [0.2, 0.25) is 0 Å². The molecule has 2 saturated heterocycles. The summed E-state index contributed by atoms with van der Waals surface area (Å²) in [5, 5.41) is 3.47. The van der Waals surface area contributed by atoms with Crippen LogP contribution in [-0.2, 0) is 11.2 Å². The number of carbonyl (C=O) groups is 1. The monoisotopic (exact) mass is 514 g/mol. The van der Waals surface area contributed by atoms with E-state index in [1.54, 1.807) is 0 Å². The number of aliphatic imine (C=N–C) groups is 1. The van der Waals surface area contributed by atoms with Gasteiger partial charge in [-0.1, -0.05) is 6.07 Å². The Morgan fingerprint density at radius 2 is 1.83 bits per heavy atom. The Morgan fingerprint density at radius 1 is 1.14 bits per heavy atom. The molecule has 0 aliphatic carbocycles. The zero-order valence-corrected chi connectivity index (χ0v) is 20.3. The van der Waals surface area contributed by atoms with Gasteiger partial charge < -0.3 is 15.1 Å². The van der Waals surface area contributed by atoms with E-state index in [0.717, 1.165) is 76.7 Å². The fourth-order valence-electron chi connectivity index (χ4n) is 3.98. The second-order valence-corrected chi connectivity index (χ2v) is 7.76. The van der Waals surface area contributed by atoms with Crippen LogP contribution in [0.5, 0.6) is 0 Å². The van der Waals surface area contributed by atoms with Crippen molar-refractivity contribution in [2.24, 2.45) is 4.99 Å².